The number of carboxylic acids is 1. The van der Waals surface area contributed by atoms with E-state index >= 15 is 0 Å². The first-order valence-corrected chi connectivity index (χ1v) is 7.93. The van der Waals surface area contributed by atoms with Gasteiger partial charge in [0.1, 0.15) is 6.04 Å². The van der Waals surface area contributed by atoms with Gasteiger partial charge in [0.05, 0.1) is 6.42 Å². The van der Waals surface area contributed by atoms with Gasteiger partial charge in [0, 0.05) is 19.1 Å². The van der Waals surface area contributed by atoms with Crippen LogP contribution in [-0.2, 0) is 9.59 Å². The zero-order chi connectivity index (χ0) is 17.1. The van der Waals surface area contributed by atoms with Gasteiger partial charge >= 0.3 is 12.0 Å². The summed E-state index contributed by atoms with van der Waals surface area (Å²) in [6, 6.07) is -1.57. The van der Waals surface area contributed by atoms with E-state index in [0.29, 0.717) is 19.5 Å². The van der Waals surface area contributed by atoms with E-state index in [1.807, 2.05) is 20.8 Å². The van der Waals surface area contributed by atoms with Crippen molar-refractivity contribution in [3.8, 4) is 0 Å². The summed E-state index contributed by atoms with van der Waals surface area (Å²) in [5.41, 5.74) is 0. The number of carboxylic acid groups (broad SMARTS) is 1. The number of hydrogen-bond acceptors (Lipinski definition) is 3. The highest BCUT2D eigenvalue weighted by Gasteiger charge is 2.24. The highest BCUT2D eigenvalue weighted by Crippen LogP contribution is 2.05. The third-order valence-corrected chi connectivity index (χ3v) is 3.38. The van der Waals surface area contributed by atoms with Gasteiger partial charge in [-0.15, -0.1) is 0 Å². The van der Waals surface area contributed by atoms with E-state index in [-0.39, 0.29) is 12.3 Å². The van der Waals surface area contributed by atoms with Gasteiger partial charge in [-0.25, -0.2) is 4.79 Å². The van der Waals surface area contributed by atoms with Crippen LogP contribution >= 0.6 is 0 Å². The van der Waals surface area contributed by atoms with Gasteiger partial charge in [0.15, 0.2) is 0 Å². The van der Waals surface area contributed by atoms with Crippen LogP contribution < -0.4 is 10.6 Å². The van der Waals surface area contributed by atoms with E-state index in [1.165, 1.54) is 0 Å². The second-order valence-electron chi connectivity index (χ2n) is 5.32. The molecule has 0 bridgehead atoms. The van der Waals surface area contributed by atoms with E-state index in [4.69, 9.17) is 5.11 Å². The molecule has 0 heterocycles. The molecule has 3 amide bonds. The Balaban J connectivity index is 4.66. The number of rotatable bonds is 10. The molecule has 0 aromatic rings. The molecule has 22 heavy (non-hydrogen) atoms. The number of hydrogen-bond donors (Lipinski definition) is 3. The minimum Gasteiger partial charge on any atom is -0.481 e. The minimum atomic E-state index is -0.977. The Morgan fingerprint density at radius 1 is 1.09 bits per heavy atom. The molecule has 0 radical (unpaired) electrons. The molecule has 0 aliphatic heterocycles. The third-order valence-electron chi connectivity index (χ3n) is 3.38. The lowest BCUT2D eigenvalue weighted by molar-refractivity contribution is -0.137. The standard InChI is InChI=1S/C15H29N3O4/c1-5-8-9-12(14(21)18(6-2)7-3)17-15(22)16-11(4)10-13(19)20/h11-12H,5-10H2,1-4H3,(H,19,20)(H2,16,17,22)/t11?,12-/m0/s1. The second-order valence-corrected chi connectivity index (χ2v) is 5.32. The maximum absolute atomic E-state index is 12.4. The third kappa shape index (κ3) is 7.85. The summed E-state index contributed by atoms with van der Waals surface area (Å²) in [5, 5.41) is 13.9. The normalized spacial score (nSPS) is 13.1. The van der Waals surface area contributed by atoms with E-state index in [1.54, 1.807) is 11.8 Å². The Hall–Kier alpha value is -1.79. The first kappa shape index (κ1) is 20.2. The fraction of sp³-hybridized carbons (Fsp3) is 0.800. The van der Waals surface area contributed by atoms with Gasteiger partial charge < -0.3 is 20.6 Å². The SMILES string of the molecule is CCCC[C@H](NC(=O)NC(C)CC(=O)O)C(=O)N(CC)CC. The summed E-state index contributed by atoms with van der Waals surface area (Å²) < 4.78 is 0. The van der Waals surface area contributed by atoms with Crippen LogP contribution in [0.15, 0.2) is 0 Å². The van der Waals surface area contributed by atoms with Crippen LogP contribution in [0.2, 0.25) is 0 Å². The number of likely N-dealkylation sites (N-methyl/N-ethyl adjacent to an activating group) is 1. The number of carbonyl (C=O) groups is 3. The van der Waals surface area contributed by atoms with Gasteiger partial charge in [0.2, 0.25) is 5.91 Å². The molecule has 0 saturated heterocycles. The van der Waals surface area contributed by atoms with Gasteiger partial charge in [0.25, 0.3) is 0 Å². The van der Waals surface area contributed by atoms with Crippen molar-refractivity contribution in [3.05, 3.63) is 0 Å². The highest BCUT2D eigenvalue weighted by atomic mass is 16.4. The molecule has 7 heteroatoms. The van der Waals surface area contributed by atoms with Crippen molar-refractivity contribution in [2.24, 2.45) is 0 Å². The second kappa shape index (κ2) is 10.9. The number of unbranched alkanes of at least 4 members (excludes halogenated alkanes) is 1. The van der Waals surface area contributed by atoms with Gasteiger partial charge in [-0.3, -0.25) is 9.59 Å². The summed E-state index contributed by atoms with van der Waals surface area (Å²) in [7, 11) is 0. The van der Waals surface area contributed by atoms with Crippen molar-refractivity contribution in [3.63, 3.8) is 0 Å². The maximum atomic E-state index is 12.4. The molecule has 0 spiro atoms. The Bertz CT molecular complexity index is 370. The highest BCUT2D eigenvalue weighted by molar-refractivity contribution is 5.87. The van der Waals surface area contributed by atoms with Gasteiger partial charge in [-0.1, -0.05) is 19.8 Å². The molecule has 1 unspecified atom stereocenters. The van der Waals surface area contributed by atoms with Crippen molar-refractivity contribution < 1.29 is 19.5 Å². The maximum Gasteiger partial charge on any atom is 0.315 e. The molecule has 0 rings (SSSR count). The fourth-order valence-electron chi connectivity index (χ4n) is 2.16. The Kier molecular flexibility index (Phi) is 9.98. The number of urea groups is 1. The summed E-state index contributed by atoms with van der Waals surface area (Å²) in [6.45, 7) is 8.61. The van der Waals surface area contributed by atoms with Crippen molar-refractivity contribution in [1.29, 1.82) is 0 Å². The molecule has 0 fully saturated rings. The molecule has 3 N–H and O–H groups in total. The zero-order valence-corrected chi connectivity index (χ0v) is 14.0. The van der Waals surface area contributed by atoms with E-state index < -0.39 is 24.1 Å². The van der Waals surface area contributed by atoms with E-state index in [9.17, 15) is 14.4 Å². The summed E-state index contributed by atoms with van der Waals surface area (Å²) in [4.78, 5) is 36.6. The Morgan fingerprint density at radius 2 is 1.68 bits per heavy atom. The smallest absolute Gasteiger partial charge is 0.315 e. The Labute approximate surface area is 132 Å². The van der Waals surface area contributed by atoms with Crippen LogP contribution in [0, 0.1) is 0 Å². The first-order valence-electron chi connectivity index (χ1n) is 7.93. The molecule has 0 aromatic carbocycles. The molecule has 2 atom stereocenters. The van der Waals surface area contributed by atoms with Crippen LogP contribution in [0.25, 0.3) is 0 Å². The van der Waals surface area contributed by atoms with Crippen molar-refractivity contribution in [2.75, 3.05) is 13.1 Å². The first-order chi connectivity index (χ1) is 10.3. The lowest BCUT2D eigenvalue weighted by Gasteiger charge is -2.26. The predicted molar refractivity (Wildman–Crippen MR) is 84.6 cm³/mol. The Morgan fingerprint density at radius 3 is 2.14 bits per heavy atom. The zero-order valence-electron chi connectivity index (χ0n) is 14.0. The number of carbonyl (C=O) groups excluding carboxylic acids is 2. The molecule has 0 saturated carbocycles. The van der Waals surface area contributed by atoms with Crippen molar-refractivity contribution in [1.82, 2.24) is 15.5 Å². The molecule has 0 aromatic heterocycles. The molecule has 128 valence electrons. The lowest BCUT2D eigenvalue weighted by Crippen LogP contribution is -2.52. The topological polar surface area (TPSA) is 98.7 Å². The number of nitrogens with zero attached hydrogens (tertiary/aromatic N) is 1. The fourth-order valence-corrected chi connectivity index (χ4v) is 2.16. The monoisotopic (exact) mass is 315 g/mol. The van der Waals surface area contributed by atoms with Crippen LogP contribution in [0.4, 0.5) is 4.79 Å². The van der Waals surface area contributed by atoms with Crippen LogP contribution in [0.5, 0.6) is 0 Å². The lowest BCUT2D eigenvalue weighted by atomic mass is 10.1. The predicted octanol–water partition coefficient (Wildman–Crippen LogP) is 1.58. The summed E-state index contributed by atoms with van der Waals surface area (Å²) in [5.74, 6) is -1.07. The van der Waals surface area contributed by atoms with Crippen molar-refractivity contribution >= 4 is 17.9 Å². The van der Waals surface area contributed by atoms with Gasteiger partial charge in [-0.05, 0) is 27.2 Å². The summed E-state index contributed by atoms with van der Waals surface area (Å²) in [6.07, 6.45) is 2.19. The van der Waals surface area contributed by atoms with E-state index in [0.717, 1.165) is 12.8 Å². The molecular weight excluding hydrogens is 286 g/mol. The van der Waals surface area contributed by atoms with Crippen LogP contribution in [0.1, 0.15) is 53.4 Å². The molecule has 7 nitrogen and oxygen atoms in total. The van der Waals surface area contributed by atoms with Crippen LogP contribution in [0.3, 0.4) is 0 Å². The summed E-state index contributed by atoms with van der Waals surface area (Å²) >= 11 is 0. The van der Waals surface area contributed by atoms with Gasteiger partial charge in [-0.2, -0.15) is 0 Å². The average molecular weight is 315 g/mol. The number of nitrogens with one attached hydrogen (secondary N) is 2. The minimum absolute atomic E-state index is 0.0977. The molecular formula is C15H29N3O4. The van der Waals surface area contributed by atoms with E-state index in [2.05, 4.69) is 10.6 Å². The molecule has 0 aliphatic carbocycles. The largest absolute Gasteiger partial charge is 0.481 e. The van der Waals surface area contributed by atoms with Crippen LogP contribution in [-0.4, -0.2) is 53.1 Å². The number of amides is 3. The molecule has 0 aliphatic rings. The quantitative estimate of drug-likeness (QED) is 0.570. The average Bonchev–Trinajstić information content (AvgIpc) is 2.43. The van der Waals surface area contributed by atoms with Crippen molar-refractivity contribution in [2.45, 2.75) is 65.5 Å². The number of aliphatic carboxylic acids is 1.